The zero-order valence-corrected chi connectivity index (χ0v) is 18.2. The van der Waals surface area contributed by atoms with E-state index in [1.54, 1.807) is 6.07 Å². The van der Waals surface area contributed by atoms with E-state index in [1.165, 1.54) is 17.8 Å². The number of H-pyrrole nitrogens is 1. The first kappa shape index (κ1) is 24.5. The van der Waals surface area contributed by atoms with E-state index in [9.17, 15) is 22.8 Å². The standard InChI is InChI=1S/C19H25F3N6O5/c1-10(2)23-18(30)33-12-5-15(32-8-12)13-6-16(26-25-13)24-17(29)14-4-11(27-28(14)3)7-31-9-19(20,21)22/h4,6,10,12,15H,5,7-9H2,1-3H3,(H,23,30)(H2,24,25,26,29). The molecule has 0 saturated carbocycles. The second-order valence-electron chi connectivity index (χ2n) is 7.80. The summed E-state index contributed by atoms with van der Waals surface area (Å²) in [6, 6.07) is 2.88. The first-order valence-corrected chi connectivity index (χ1v) is 10.1. The number of hydrogen-bond donors (Lipinski definition) is 3. The summed E-state index contributed by atoms with van der Waals surface area (Å²) in [6.45, 7) is 2.09. The molecule has 3 N–H and O–H groups in total. The topological polar surface area (TPSA) is 132 Å². The fourth-order valence-corrected chi connectivity index (χ4v) is 3.15. The zero-order chi connectivity index (χ0) is 24.2. The van der Waals surface area contributed by atoms with Crippen molar-refractivity contribution in [3.8, 4) is 0 Å². The predicted molar refractivity (Wildman–Crippen MR) is 107 cm³/mol. The van der Waals surface area contributed by atoms with Crippen molar-refractivity contribution in [3.05, 3.63) is 29.2 Å². The summed E-state index contributed by atoms with van der Waals surface area (Å²) in [6.07, 6.45) is -5.35. The van der Waals surface area contributed by atoms with Crippen molar-refractivity contribution in [2.24, 2.45) is 7.05 Å². The molecule has 1 aliphatic heterocycles. The van der Waals surface area contributed by atoms with Gasteiger partial charge in [-0.3, -0.25) is 14.6 Å². The molecule has 2 aromatic heterocycles. The monoisotopic (exact) mass is 474 g/mol. The highest BCUT2D eigenvalue weighted by molar-refractivity contribution is 6.02. The Morgan fingerprint density at radius 2 is 2.12 bits per heavy atom. The van der Waals surface area contributed by atoms with Crippen molar-refractivity contribution in [1.29, 1.82) is 0 Å². The van der Waals surface area contributed by atoms with Crippen LogP contribution in [0.4, 0.5) is 23.8 Å². The molecule has 0 aromatic carbocycles. The molecule has 182 valence electrons. The minimum atomic E-state index is -4.44. The Morgan fingerprint density at radius 1 is 1.36 bits per heavy atom. The highest BCUT2D eigenvalue weighted by Gasteiger charge is 2.31. The van der Waals surface area contributed by atoms with Crippen LogP contribution in [0.2, 0.25) is 0 Å². The van der Waals surface area contributed by atoms with Gasteiger partial charge in [0.25, 0.3) is 5.91 Å². The maximum Gasteiger partial charge on any atom is 0.411 e. The number of alkyl halides is 3. The number of amides is 2. The first-order valence-electron chi connectivity index (χ1n) is 10.1. The number of alkyl carbamates (subject to hydrolysis) is 1. The van der Waals surface area contributed by atoms with E-state index in [0.717, 1.165) is 0 Å². The second-order valence-corrected chi connectivity index (χ2v) is 7.80. The molecule has 33 heavy (non-hydrogen) atoms. The molecule has 0 aliphatic carbocycles. The molecule has 11 nitrogen and oxygen atoms in total. The third-order valence-electron chi connectivity index (χ3n) is 4.51. The van der Waals surface area contributed by atoms with Crippen LogP contribution in [0.15, 0.2) is 12.1 Å². The third-order valence-corrected chi connectivity index (χ3v) is 4.51. The highest BCUT2D eigenvalue weighted by Crippen LogP contribution is 2.30. The smallest absolute Gasteiger partial charge is 0.411 e. The number of aromatic nitrogens is 4. The lowest BCUT2D eigenvalue weighted by Gasteiger charge is -2.13. The lowest BCUT2D eigenvalue weighted by molar-refractivity contribution is -0.176. The van der Waals surface area contributed by atoms with E-state index in [4.69, 9.17) is 9.47 Å². The number of aryl methyl sites for hydroxylation is 1. The van der Waals surface area contributed by atoms with Crippen LogP contribution in [0.3, 0.4) is 0 Å². The Balaban J connectivity index is 1.52. The molecule has 1 saturated heterocycles. The van der Waals surface area contributed by atoms with Gasteiger partial charge in [0.05, 0.1) is 24.6 Å². The summed E-state index contributed by atoms with van der Waals surface area (Å²) in [4.78, 5) is 24.3. The minimum absolute atomic E-state index is 0.0442. The molecule has 2 unspecified atom stereocenters. The Morgan fingerprint density at radius 3 is 2.82 bits per heavy atom. The van der Waals surface area contributed by atoms with E-state index in [2.05, 4.69) is 30.7 Å². The number of hydrogen-bond acceptors (Lipinski definition) is 7. The van der Waals surface area contributed by atoms with Crippen LogP contribution in [0.25, 0.3) is 0 Å². The van der Waals surface area contributed by atoms with E-state index < -0.39 is 37.0 Å². The summed E-state index contributed by atoms with van der Waals surface area (Å²) in [5.74, 6) is -0.333. The van der Waals surface area contributed by atoms with Gasteiger partial charge in [0, 0.05) is 25.6 Å². The molecule has 1 aliphatic rings. The van der Waals surface area contributed by atoms with Gasteiger partial charge in [-0.15, -0.1) is 0 Å². The SMILES string of the molecule is CC(C)NC(=O)OC1COC(c2cc(NC(=O)c3cc(COCC(F)(F)F)nn3C)n[nH]2)C1. The van der Waals surface area contributed by atoms with E-state index in [-0.39, 0.29) is 36.5 Å². The lowest BCUT2D eigenvalue weighted by atomic mass is 10.1. The summed E-state index contributed by atoms with van der Waals surface area (Å²) in [7, 11) is 1.49. The van der Waals surface area contributed by atoms with Gasteiger partial charge in [0.15, 0.2) is 5.82 Å². The van der Waals surface area contributed by atoms with Crippen molar-refractivity contribution in [3.63, 3.8) is 0 Å². The van der Waals surface area contributed by atoms with Crippen LogP contribution >= 0.6 is 0 Å². The Bertz CT molecular complexity index is 974. The van der Waals surface area contributed by atoms with Gasteiger partial charge in [0.1, 0.15) is 24.5 Å². The van der Waals surface area contributed by atoms with Crippen molar-refractivity contribution in [2.75, 3.05) is 18.5 Å². The van der Waals surface area contributed by atoms with Crippen LogP contribution in [0.5, 0.6) is 0 Å². The number of ether oxygens (including phenoxy) is 3. The molecule has 2 amide bonds. The quantitative estimate of drug-likeness (QED) is 0.535. The molecule has 0 radical (unpaired) electrons. The maximum atomic E-state index is 12.5. The average molecular weight is 474 g/mol. The molecule has 1 fully saturated rings. The molecule has 3 heterocycles. The van der Waals surface area contributed by atoms with Crippen LogP contribution in [0.1, 0.15) is 48.2 Å². The summed E-state index contributed by atoms with van der Waals surface area (Å²) in [5.41, 5.74) is 0.889. The molecule has 2 aromatic rings. The summed E-state index contributed by atoms with van der Waals surface area (Å²) in [5, 5.41) is 16.0. The molecule has 0 spiro atoms. The number of carbonyl (C=O) groups excluding carboxylic acids is 2. The van der Waals surface area contributed by atoms with Gasteiger partial charge >= 0.3 is 12.3 Å². The fourth-order valence-electron chi connectivity index (χ4n) is 3.15. The van der Waals surface area contributed by atoms with Crippen molar-refractivity contribution in [2.45, 2.75) is 51.3 Å². The van der Waals surface area contributed by atoms with Gasteiger partial charge in [-0.25, -0.2) is 4.79 Å². The first-order chi connectivity index (χ1) is 15.5. The van der Waals surface area contributed by atoms with Crippen LogP contribution in [-0.4, -0.2) is 63.5 Å². The van der Waals surface area contributed by atoms with Gasteiger partial charge < -0.3 is 24.8 Å². The number of carbonyl (C=O) groups is 2. The van der Waals surface area contributed by atoms with Gasteiger partial charge in [0.2, 0.25) is 0 Å². The van der Waals surface area contributed by atoms with Gasteiger partial charge in [-0.05, 0) is 19.9 Å². The number of nitrogens with zero attached hydrogens (tertiary/aromatic N) is 3. The van der Waals surface area contributed by atoms with Crippen LogP contribution in [0, 0.1) is 0 Å². The number of anilines is 1. The average Bonchev–Trinajstić information content (AvgIpc) is 3.40. The molecular formula is C19H25F3N6O5. The largest absolute Gasteiger partial charge is 0.444 e. The Hall–Kier alpha value is -3.13. The number of halogens is 3. The van der Waals surface area contributed by atoms with Crippen LogP contribution in [-0.2, 0) is 27.9 Å². The fraction of sp³-hybridized carbons (Fsp3) is 0.579. The third kappa shape index (κ3) is 7.18. The molecule has 2 atom stereocenters. The lowest BCUT2D eigenvalue weighted by Crippen LogP contribution is -2.33. The van der Waals surface area contributed by atoms with E-state index in [1.807, 2.05) is 13.8 Å². The maximum absolute atomic E-state index is 12.5. The van der Waals surface area contributed by atoms with Gasteiger partial charge in [-0.2, -0.15) is 23.4 Å². The second kappa shape index (κ2) is 10.2. The van der Waals surface area contributed by atoms with E-state index in [0.29, 0.717) is 12.1 Å². The van der Waals surface area contributed by atoms with Crippen molar-refractivity contribution in [1.82, 2.24) is 25.3 Å². The molecule has 3 rings (SSSR count). The normalized spacial score (nSPS) is 18.5. The van der Waals surface area contributed by atoms with Gasteiger partial charge in [-0.1, -0.05) is 0 Å². The molecular weight excluding hydrogens is 449 g/mol. The minimum Gasteiger partial charge on any atom is -0.444 e. The predicted octanol–water partition coefficient (Wildman–Crippen LogP) is 2.44. The summed E-state index contributed by atoms with van der Waals surface area (Å²) < 4.78 is 53.3. The van der Waals surface area contributed by atoms with Crippen molar-refractivity contribution < 1.29 is 37.0 Å². The van der Waals surface area contributed by atoms with E-state index >= 15 is 0 Å². The number of aromatic amines is 1. The zero-order valence-electron chi connectivity index (χ0n) is 18.2. The number of nitrogens with one attached hydrogen (secondary N) is 3. The van der Waals surface area contributed by atoms with Crippen LogP contribution < -0.4 is 10.6 Å². The molecule has 14 heteroatoms. The summed E-state index contributed by atoms with van der Waals surface area (Å²) >= 11 is 0. The molecule has 0 bridgehead atoms. The number of rotatable bonds is 8. The Labute approximate surface area is 186 Å². The Kier molecular flexibility index (Phi) is 7.58. The van der Waals surface area contributed by atoms with Crippen molar-refractivity contribution >= 4 is 17.8 Å². The highest BCUT2D eigenvalue weighted by atomic mass is 19.4.